The molecule has 17 heavy (non-hydrogen) atoms. The molecule has 0 saturated heterocycles. The summed E-state index contributed by atoms with van der Waals surface area (Å²) in [6.45, 7) is 3.77. The zero-order valence-electron chi connectivity index (χ0n) is 10.3. The van der Waals surface area contributed by atoms with Gasteiger partial charge in [0, 0.05) is 7.11 Å². The highest BCUT2D eigenvalue weighted by Gasteiger charge is 2.14. The number of benzene rings is 1. The number of ether oxygens (including phenoxy) is 2. The maximum atomic E-state index is 11.9. The summed E-state index contributed by atoms with van der Waals surface area (Å²) in [6, 6.07) is 6.80. The van der Waals surface area contributed by atoms with Gasteiger partial charge in [0.15, 0.2) is 16.1 Å². The van der Waals surface area contributed by atoms with Gasteiger partial charge in [0.05, 0.1) is 17.3 Å². The number of hydrogen-bond donors (Lipinski definition) is 0. The minimum atomic E-state index is -3.26. The molecule has 1 rings (SSSR count). The molecule has 4 nitrogen and oxygen atoms in total. The van der Waals surface area contributed by atoms with Crippen LogP contribution in [0.1, 0.15) is 12.5 Å². The Labute approximate surface area is 102 Å². The average molecular weight is 258 g/mol. The van der Waals surface area contributed by atoms with Crippen LogP contribution in [0.15, 0.2) is 29.2 Å². The maximum Gasteiger partial charge on any atom is 0.180 e. The van der Waals surface area contributed by atoms with E-state index < -0.39 is 9.84 Å². The van der Waals surface area contributed by atoms with Crippen LogP contribution in [0.25, 0.3) is 0 Å². The molecule has 0 amide bonds. The van der Waals surface area contributed by atoms with E-state index in [9.17, 15) is 8.42 Å². The summed E-state index contributed by atoms with van der Waals surface area (Å²) in [7, 11) is -1.75. The standard InChI is InChI=1S/C12H18O4S/c1-10-4-6-12(7-5-10)17(13,14)9-8-16-11(2)15-3/h4-7,11H,8-9H2,1-3H3. The van der Waals surface area contributed by atoms with Gasteiger partial charge in [-0.05, 0) is 26.0 Å². The first-order valence-electron chi connectivity index (χ1n) is 5.39. The second-order valence-electron chi connectivity index (χ2n) is 3.81. The molecule has 0 aliphatic heterocycles. The normalized spacial score (nSPS) is 13.6. The summed E-state index contributed by atoms with van der Waals surface area (Å²) in [4.78, 5) is 0.330. The molecular weight excluding hydrogens is 240 g/mol. The first kappa shape index (κ1) is 14.2. The fraction of sp³-hybridized carbons (Fsp3) is 0.500. The largest absolute Gasteiger partial charge is 0.356 e. The van der Waals surface area contributed by atoms with Gasteiger partial charge in [0.25, 0.3) is 0 Å². The molecule has 0 aliphatic rings. The first-order chi connectivity index (χ1) is 7.95. The molecule has 0 saturated carbocycles. The topological polar surface area (TPSA) is 52.6 Å². The predicted octanol–water partition coefficient (Wildman–Crippen LogP) is 1.78. The van der Waals surface area contributed by atoms with Gasteiger partial charge in [0.2, 0.25) is 0 Å². The van der Waals surface area contributed by atoms with E-state index in [0.29, 0.717) is 4.90 Å². The van der Waals surface area contributed by atoms with Crippen LogP contribution in [-0.4, -0.2) is 34.2 Å². The number of rotatable bonds is 6. The maximum absolute atomic E-state index is 11.9. The highest BCUT2D eigenvalue weighted by Crippen LogP contribution is 2.12. The van der Waals surface area contributed by atoms with Crippen LogP contribution in [0.4, 0.5) is 0 Å². The number of aryl methyl sites for hydroxylation is 1. The van der Waals surface area contributed by atoms with Crippen LogP contribution in [0.5, 0.6) is 0 Å². The van der Waals surface area contributed by atoms with Crippen LogP contribution in [0.2, 0.25) is 0 Å². The fourth-order valence-corrected chi connectivity index (χ4v) is 2.36. The van der Waals surface area contributed by atoms with Crippen molar-refractivity contribution in [2.24, 2.45) is 0 Å². The van der Waals surface area contributed by atoms with Crippen molar-refractivity contribution in [1.29, 1.82) is 0 Å². The van der Waals surface area contributed by atoms with Crippen molar-refractivity contribution in [3.05, 3.63) is 29.8 Å². The van der Waals surface area contributed by atoms with Crippen molar-refractivity contribution in [3.8, 4) is 0 Å². The van der Waals surface area contributed by atoms with Crippen molar-refractivity contribution >= 4 is 9.84 Å². The lowest BCUT2D eigenvalue weighted by Crippen LogP contribution is -2.18. The van der Waals surface area contributed by atoms with Gasteiger partial charge in [-0.1, -0.05) is 17.7 Å². The van der Waals surface area contributed by atoms with E-state index in [1.165, 1.54) is 7.11 Å². The molecule has 0 spiro atoms. The molecule has 0 heterocycles. The molecular formula is C12H18O4S. The van der Waals surface area contributed by atoms with E-state index in [0.717, 1.165) is 5.56 Å². The molecule has 0 fully saturated rings. The van der Waals surface area contributed by atoms with E-state index in [2.05, 4.69) is 0 Å². The third kappa shape index (κ3) is 4.46. The van der Waals surface area contributed by atoms with Gasteiger partial charge >= 0.3 is 0 Å². The first-order valence-corrected chi connectivity index (χ1v) is 7.05. The van der Waals surface area contributed by atoms with Crippen LogP contribution in [-0.2, 0) is 19.3 Å². The van der Waals surface area contributed by atoms with Gasteiger partial charge in [-0.25, -0.2) is 8.42 Å². The Morgan fingerprint density at radius 3 is 2.35 bits per heavy atom. The summed E-state index contributed by atoms with van der Waals surface area (Å²) >= 11 is 0. The number of sulfone groups is 1. The SMILES string of the molecule is COC(C)OCCS(=O)(=O)c1ccc(C)cc1. The van der Waals surface area contributed by atoms with Crippen molar-refractivity contribution < 1.29 is 17.9 Å². The van der Waals surface area contributed by atoms with Crippen LogP contribution in [0, 0.1) is 6.92 Å². The lowest BCUT2D eigenvalue weighted by atomic mass is 10.2. The highest BCUT2D eigenvalue weighted by atomic mass is 32.2. The van der Waals surface area contributed by atoms with E-state index in [1.54, 1.807) is 31.2 Å². The van der Waals surface area contributed by atoms with Crippen LogP contribution in [0.3, 0.4) is 0 Å². The quantitative estimate of drug-likeness (QED) is 0.730. The lowest BCUT2D eigenvalue weighted by molar-refractivity contribution is -0.106. The molecule has 1 atom stereocenters. The molecule has 1 aromatic carbocycles. The summed E-state index contributed by atoms with van der Waals surface area (Å²) in [6.07, 6.45) is -0.386. The monoisotopic (exact) mass is 258 g/mol. The van der Waals surface area contributed by atoms with Crippen LogP contribution >= 0.6 is 0 Å². The minimum absolute atomic E-state index is 0.0379. The van der Waals surface area contributed by atoms with E-state index in [4.69, 9.17) is 9.47 Å². The van der Waals surface area contributed by atoms with Crippen molar-refractivity contribution in [1.82, 2.24) is 0 Å². The smallest absolute Gasteiger partial charge is 0.180 e. The van der Waals surface area contributed by atoms with Gasteiger partial charge in [-0.2, -0.15) is 0 Å². The zero-order valence-corrected chi connectivity index (χ0v) is 11.2. The Balaban J connectivity index is 2.60. The van der Waals surface area contributed by atoms with Gasteiger partial charge < -0.3 is 9.47 Å². The summed E-state index contributed by atoms with van der Waals surface area (Å²) < 4.78 is 33.8. The summed E-state index contributed by atoms with van der Waals surface area (Å²) in [5, 5.41) is 0. The molecule has 96 valence electrons. The van der Waals surface area contributed by atoms with E-state index in [-0.39, 0.29) is 18.6 Å². The molecule has 0 N–H and O–H groups in total. The fourth-order valence-electron chi connectivity index (χ4n) is 1.26. The highest BCUT2D eigenvalue weighted by molar-refractivity contribution is 7.91. The van der Waals surface area contributed by atoms with Crippen molar-refractivity contribution in [3.63, 3.8) is 0 Å². The lowest BCUT2D eigenvalue weighted by Gasteiger charge is -2.11. The average Bonchev–Trinajstić information content (AvgIpc) is 2.29. The molecule has 0 bridgehead atoms. The van der Waals surface area contributed by atoms with Gasteiger partial charge in [0.1, 0.15) is 0 Å². The Hall–Kier alpha value is -0.910. The van der Waals surface area contributed by atoms with Gasteiger partial charge in [-0.15, -0.1) is 0 Å². The molecule has 0 aromatic heterocycles. The Morgan fingerprint density at radius 2 is 1.82 bits per heavy atom. The third-order valence-corrected chi connectivity index (χ3v) is 4.11. The van der Waals surface area contributed by atoms with E-state index >= 15 is 0 Å². The van der Waals surface area contributed by atoms with Gasteiger partial charge in [-0.3, -0.25) is 0 Å². The second-order valence-corrected chi connectivity index (χ2v) is 5.92. The predicted molar refractivity (Wildman–Crippen MR) is 65.7 cm³/mol. The third-order valence-electron chi connectivity index (χ3n) is 2.42. The minimum Gasteiger partial charge on any atom is -0.356 e. The van der Waals surface area contributed by atoms with Crippen molar-refractivity contribution in [2.75, 3.05) is 19.5 Å². The Bertz CT molecular complexity index is 436. The number of methoxy groups -OCH3 is 1. The van der Waals surface area contributed by atoms with Crippen molar-refractivity contribution in [2.45, 2.75) is 25.0 Å². The molecule has 5 heteroatoms. The second kappa shape index (κ2) is 6.14. The Kier molecular flexibility index (Phi) is 5.11. The summed E-state index contributed by atoms with van der Waals surface area (Å²) in [5.74, 6) is -0.0379. The zero-order chi connectivity index (χ0) is 12.9. The van der Waals surface area contributed by atoms with Crippen LogP contribution < -0.4 is 0 Å². The molecule has 1 unspecified atom stereocenters. The van der Waals surface area contributed by atoms with E-state index in [1.807, 2.05) is 6.92 Å². The summed E-state index contributed by atoms with van der Waals surface area (Å²) in [5.41, 5.74) is 1.04. The number of hydrogen-bond acceptors (Lipinski definition) is 4. The molecule has 0 aliphatic carbocycles. The molecule has 1 aromatic rings. The Morgan fingerprint density at radius 1 is 1.24 bits per heavy atom. The molecule has 0 radical (unpaired) electrons.